The number of quaternary nitrogens is 1. The van der Waals surface area contributed by atoms with E-state index in [1.165, 1.54) is 22.2 Å². The first kappa shape index (κ1) is 23.1. The van der Waals surface area contributed by atoms with E-state index in [-0.39, 0.29) is 11.2 Å². The Hall–Kier alpha value is -3.11. The van der Waals surface area contributed by atoms with E-state index in [0.29, 0.717) is 37.5 Å². The molecular weight excluding hydrogens is 424 g/mol. The maximum absolute atomic E-state index is 12.9. The number of anilines is 1. The lowest BCUT2D eigenvalue weighted by Crippen LogP contribution is -3.13. The van der Waals surface area contributed by atoms with Crippen LogP contribution in [-0.2, 0) is 31.9 Å². The summed E-state index contributed by atoms with van der Waals surface area (Å²) in [4.78, 5) is 33.9. The molecule has 10 heteroatoms. The molecule has 10 nitrogen and oxygen atoms in total. The molecule has 178 valence electrons. The van der Waals surface area contributed by atoms with Crippen molar-refractivity contribution < 1.29 is 14.4 Å². The SMILES string of the molecule is CCOCCn1c(C[NH+]2CCN(c3ccc(OC)cc3)CC2)nc2c1c(=O)n(C)c(=O)n2C. The van der Waals surface area contributed by atoms with Gasteiger partial charge in [-0.05, 0) is 31.2 Å². The van der Waals surface area contributed by atoms with Crippen molar-refractivity contribution in [1.82, 2.24) is 18.7 Å². The number of rotatable bonds is 8. The zero-order chi connectivity index (χ0) is 23.5. The molecule has 33 heavy (non-hydrogen) atoms. The van der Waals surface area contributed by atoms with Crippen LogP contribution in [0, 0.1) is 0 Å². The van der Waals surface area contributed by atoms with Gasteiger partial charge in [-0.2, -0.15) is 0 Å². The van der Waals surface area contributed by atoms with Crippen LogP contribution in [0.5, 0.6) is 5.75 Å². The average molecular weight is 458 g/mol. The van der Waals surface area contributed by atoms with Gasteiger partial charge in [0.1, 0.15) is 12.3 Å². The van der Waals surface area contributed by atoms with Crippen LogP contribution < -0.4 is 25.8 Å². The van der Waals surface area contributed by atoms with Gasteiger partial charge in [-0.15, -0.1) is 0 Å². The highest BCUT2D eigenvalue weighted by Gasteiger charge is 2.25. The molecular formula is C23H33N6O4+. The van der Waals surface area contributed by atoms with E-state index < -0.39 is 0 Å². The first-order valence-corrected chi connectivity index (χ1v) is 11.4. The Morgan fingerprint density at radius 2 is 1.76 bits per heavy atom. The Morgan fingerprint density at radius 1 is 1.06 bits per heavy atom. The fraction of sp³-hybridized carbons (Fsp3) is 0.522. The van der Waals surface area contributed by atoms with Crippen molar-refractivity contribution in [2.75, 3.05) is 51.4 Å². The summed E-state index contributed by atoms with van der Waals surface area (Å²) in [5.41, 5.74) is 1.41. The fourth-order valence-corrected chi connectivity index (χ4v) is 4.44. The lowest BCUT2D eigenvalue weighted by molar-refractivity contribution is -0.915. The topological polar surface area (TPSA) is 88.0 Å². The van der Waals surface area contributed by atoms with Gasteiger partial charge in [0.05, 0.1) is 39.9 Å². The van der Waals surface area contributed by atoms with E-state index in [1.54, 1.807) is 14.2 Å². The highest BCUT2D eigenvalue weighted by Crippen LogP contribution is 2.19. The molecule has 1 fully saturated rings. The summed E-state index contributed by atoms with van der Waals surface area (Å²) in [5.74, 6) is 1.67. The third-order valence-electron chi connectivity index (χ3n) is 6.41. The van der Waals surface area contributed by atoms with Crippen molar-refractivity contribution in [2.45, 2.75) is 20.0 Å². The van der Waals surface area contributed by atoms with E-state index in [9.17, 15) is 9.59 Å². The normalized spacial score (nSPS) is 14.8. The number of imidazole rings is 1. The Bertz CT molecular complexity index is 1220. The summed E-state index contributed by atoms with van der Waals surface area (Å²) < 4.78 is 15.3. The third kappa shape index (κ3) is 4.53. The molecule has 1 saturated heterocycles. The Labute approximate surface area is 192 Å². The summed E-state index contributed by atoms with van der Waals surface area (Å²) >= 11 is 0. The molecule has 4 rings (SSSR count). The summed E-state index contributed by atoms with van der Waals surface area (Å²) in [6, 6.07) is 8.15. The van der Waals surface area contributed by atoms with Crippen LogP contribution in [0.1, 0.15) is 12.7 Å². The molecule has 0 saturated carbocycles. The number of nitrogens with zero attached hydrogens (tertiary/aromatic N) is 5. The fourth-order valence-electron chi connectivity index (χ4n) is 4.44. The zero-order valence-electron chi connectivity index (χ0n) is 19.8. The Balaban J connectivity index is 1.56. The molecule has 0 aliphatic carbocycles. The van der Waals surface area contributed by atoms with E-state index in [2.05, 4.69) is 17.0 Å². The number of nitrogens with one attached hydrogen (secondary N) is 1. The van der Waals surface area contributed by atoms with E-state index >= 15 is 0 Å². The summed E-state index contributed by atoms with van der Waals surface area (Å²) in [6.07, 6.45) is 0. The summed E-state index contributed by atoms with van der Waals surface area (Å²) in [5, 5.41) is 0. The van der Waals surface area contributed by atoms with Gasteiger partial charge in [-0.3, -0.25) is 13.9 Å². The molecule has 1 aliphatic rings. The van der Waals surface area contributed by atoms with Gasteiger partial charge in [-0.1, -0.05) is 0 Å². The molecule has 3 aromatic rings. The zero-order valence-corrected chi connectivity index (χ0v) is 19.8. The minimum Gasteiger partial charge on any atom is -0.497 e. The molecule has 0 spiro atoms. The first-order chi connectivity index (χ1) is 15.9. The molecule has 1 N–H and O–H groups in total. The number of hydrogen-bond acceptors (Lipinski definition) is 6. The van der Waals surface area contributed by atoms with Crippen LogP contribution in [0.2, 0.25) is 0 Å². The molecule has 2 aromatic heterocycles. The standard InChI is InChI=1S/C23H32N6O4/c1-5-33-15-14-29-19(24-21-20(29)22(30)26(3)23(31)25(21)2)16-27-10-12-28(13-11-27)17-6-8-18(32-4)9-7-17/h6-9H,5,10-16H2,1-4H3/p+1. The van der Waals surface area contributed by atoms with Crippen LogP contribution in [0.15, 0.2) is 33.9 Å². The molecule has 0 amide bonds. The molecule has 0 radical (unpaired) electrons. The van der Waals surface area contributed by atoms with Gasteiger partial charge >= 0.3 is 5.69 Å². The molecule has 0 atom stereocenters. The maximum atomic E-state index is 12.9. The van der Waals surface area contributed by atoms with Gasteiger partial charge < -0.3 is 23.8 Å². The van der Waals surface area contributed by atoms with Gasteiger partial charge in [0, 0.05) is 32.9 Å². The number of benzene rings is 1. The van der Waals surface area contributed by atoms with E-state index in [1.807, 2.05) is 23.6 Å². The highest BCUT2D eigenvalue weighted by atomic mass is 16.5. The second kappa shape index (κ2) is 9.80. The van der Waals surface area contributed by atoms with Gasteiger partial charge in [0.2, 0.25) is 0 Å². The molecule has 0 unspecified atom stereocenters. The number of aromatic nitrogens is 4. The van der Waals surface area contributed by atoms with Crippen LogP contribution in [0.25, 0.3) is 11.2 Å². The largest absolute Gasteiger partial charge is 0.497 e. The summed E-state index contributed by atoms with van der Waals surface area (Å²) in [7, 11) is 4.84. The van der Waals surface area contributed by atoms with Gasteiger partial charge in [-0.25, -0.2) is 9.78 Å². The lowest BCUT2D eigenvalue weighted by Gasteiger charge is -2.33. The van der Waals surface area contributed by atoms with Crippen LogP contribution in [0.4, 0.5) is 5.69 Å². The highest BCUT2D eigenvalue weighted by molar-refractivity contribution is 5.71. The van der Waals surface area contributed by atoms with Crippen LogP contribution >= 0.6 is 0 Å². The maximum Gasteiger partial charge on any atom is 0.332 e. The Morgan fingerprint density at radius 3 is 2.39 bits per heavy atom. The van der Waals surface area contributed by atoms with Crippen molar-refractivity contribution in [3.8, 4) is 5.75 Å². The number of ether oxygens (including phenoxy) is 2. The molecule has 1 aliphatic heterocycles. The van der Waals surface area contributed by atoms with Crippen molar-refractivity contribution in [1.29, 1.82) is 0 Å². The van der Waals surface area contributed by atoms with E-state index in [0.717, 1.165) is 42.3 Å². The molecule has 1 aromatic carbocycles. The van der Waals surface area contributed by atoms with Gasteiger partial charge in [0.15, 0.2) is 17.0 Å². The number of piperazine rings is 1. The smallest absolute Gasteiger partial charge is 0.332 e. The monoisotopic (exact) mass is 457 g/mol. The summed E-state index contributed by atoms with van der Waals surface area (Å²) in [6.45, 7) is 8.03. The second-order valence-electron chi connectivity index (χ2n) is 8.37. The third-order valence-corrected chi connectivity index (χ3v) is 6.41. The number of fused-ring (bicyclic) bond motifs is 1. The first-order valence-electron chi connectivity index (χ1n) is 11.4. The predicted octanol–water partition coefficient (Wildman–Crippen LogP) is -0.616. The molecule has 0 bridgehead atoms. The quantitative estimate of drug-likeness (QED) is 0.454. The van der Waals surface area contributed by atoms with Crippen molar-refractivity contribution >= 4 is 16.9 Å². The van der Waals surface area contributed by atoms with Crippen molar-refractivity contribution in [2.24, 2.45) is 14.1 Å². The van der Waals surface area contributed by atoms with E-state index in [4.69, 9.17) is 14.5 Å². The number of aryl methyl sites for hydroxylation is 1. The van der Waals surface area contributed by atoms with Gasteiger partial charge in [0.25, 0.3) is 5.56 Å². The second-order valence-corrected chi connectivity index (χ2v) is 8.37. The lowest BCUT2D eigenvalue weighted by atomic mass is 10.2. The predicted molar refractivity (Wildman–Crippen MR) is 126 cm³/mol. The molecule has 3 heterocycles. The minimum absolute atomic E-state index is 0.317. The Kier molecular flexibility index (Phi) is 6.85. The number of methoxy groups -OCH3 is 1. The average Bonchev–Trinajstić information content (AvgIpc) is 3.20. The van der Waals surface area contributed by atoms with Crippen LogP contribution in [0.3, 0.4) is 0 Å². The van der Waals surface area contributed by atoms with Crippen LogP contribution in [-0.4, -0.2) is 65.2 Å². The van der Waals surface area contributed by atoms with Crippen molar-refractivity contribution in [3.05, 3.63) is 50.9 Å². The minimum atomic E-state index is -0.367. The van der Waals surface area contributed by atoms with Crippen molar-refractivity contribution in [3.63, 3.8) is 0 Å². The number of hydrogen-bond donors (Lipinski definition) is 1.